The van der Waals surface area contributed by atoms with Gasteiger partial charge in [0.1, 0.15) is 11.8 Å². The Balaban J connectivity index is 2.65. The molecule has 2 unspecified atom stereocenters. The van der Waals surface area contributed by atoms with E-state index in [1.807, 2.05) is 0 Å². The van der Waals surface area contributed by atoms with E-state index in [4.69, 9.17) is 28.4 Å². The van der Waals surface area contributed by atoms with E-state index in [9.17, 15) is 19.2 Å². The molecule has 0 fully saturated rings. The second-order valence-corrected chi connectivity index (χ2v) is 7.79. The number of carbonyl (C=O) groups excluding carboxylic acids is 4. The van der Waals surface area contributed by atoms with Gasteiger partial charge < -0.3 is 28.4 Å². The molecule has 0 radical (unpaired) electrons. The number of ether oxygens (including phenoxy) is 6. The molecule has 206 valence electrons. The first-order valence-corrected chi connectivity index (χ1v) is 12.3. The Morgan fingerprint density at radius 2 is 0.947 bits per heavy atom. The number of hydrogen-bond donors (Lipinski definition) is 0. The van der Waals surface area contributed by atoms with Crippen LogP contribution in [0, 0.1) is 11.8 Å². The Morgan fingerprint density at radius 3 is 1.24 bits per heavy atom. The molecule has 0 aliphatic carbocycles. The maximum Gasteiger partial charge on any atom is 0.318 e. The summed E-state index contributed by atoms with van der Waals surface area (Å²) >= 11 is 0. The molecule has 0 heterocycles. The van der Waals surface area contributed by atoms with Gasteiger partial charge in [-0.15, -0.1) is 0 Å². The van der Waals surface area contributed by atoms with E-state index in [0.29, 0.717) is 24.7 Å². The van der Waals surface area contributed by atoms with Crippen LogP contribution in [0.5, 0.6) is 23.0 Å². The van der Waals surface area contributed by atoms with Crippen molar-refractivity contribution in [3.8, 4) is 23.0 Å². The molecule has 0 amide bonds. The molecule has 0 bridgehead atoms. The molecule has 2 aromatic rings. The molecule has 38 heavy (non-hydrogen) atoms. The van der Waals surface area contributed by atoms with Gasteiger partial charge in [-0.1, -0.05) is 0 Å². The first kappa shape index (κ1) is 30.1. The lowest BCUT2D eigenvalue weighted by Gasteiger charge is -2.23. The molecule has 2 atom stereocenters. The van der Waals surface area contributed by atoms with Gasteiger partial charge in [0.2, 0.25) is 0 Å². The first-order valence-electron chi connectivity index (χ1n) is 12.3. The molecule has 0 saturated carbocycles. The third-order valence-corrected chi connectivity index (χ3v) is 5.48. The third kappa shape index (κ3) is 7.02. The molecule has 0 aliphatic heterocycles. The van der Waals surface area contributed by atoms with Gasteiger partial charge in [-0.05, 0) is 64.1 Å². The summed E-state index contributed by atoms with van der Waals surface area (Å²) in [4.78, 5) is 53.7. The fourth-order valence-electron chi connectivity index (χ4n) is 3.80. The lowest BCUT2D eigenvalue weighted by Crippen LogP contribution is -2.42. The van der Waals surface area contributed by atoms with Crippen LogP contribution >= 0.6 is 0 Å². The Labute approximate surface area is 222 Å². The summed E-state index contributed by atoms with van der Waals surface area (Å²) in [5.41, 5.74) is 0.0458. The Hall–Kier alpha value is -4.08. The van der Waals surface area contributed by atoms with Crippen LogP contribution < -0.4 is 18.9 Å². The monoisotopic (exact) mass is 530 g/mol. The number of esters is 2. The largest absolute Gasteiger partial charge is 0.493 e. The average molecular weight is 531 g/mol. The number of Topliss-reactive ketones (excluding diaryl/α,β-unsaturated/α-hetero) is 2. The van der Waals surface area contributed by atoms with Crippen molar-refractivity contribution >= 4 is 23.5 Å². The molecule has 2 rings (SSSR count). The fraction of sp³-hybridized carbons (Fsp3) is 0.429. The normalized spacial score (nSPS) is 12.1. The van der Waals surface area contributed by atoms with Crippen LogP contribution in [0.4, 0.5) is 0 Å². The van der Waals surface area contributed by atoms with Crippen molar-refractivity contribution in [2.24, 2.45) is 11.8 Å². The van der Waals surface area contributed by atoms with Crippen LogP contribution in [0.25, 0.3) is 0 Å². The highest BCUT2D eigenvalue weighted by molar-refractivity contribution is 6.19. The highest BCUT2D eigenvalue weighted by atomic mass is 16.5. The van der Waals surface area contributed by atoms with E-state index in [-0.39, 0.29) is 35.8 Å². The van der Waals surface area contributed by atoms with Gasteiger partial charge in [-0.3, -0.25) is 19.2 Å². The van der Waals surface area contributed by atoms with Gasteiger partial charge in [-0.25, -0.2) is 0 Å². The zero-order valence-electron chi connectivity index (χ0n) is 22.5. The standard InChI is InChI=1S/C28H34O10/c1-7-35-19-13-11-17(15-21(19)33-5)25(29)23(27(31)37-9-3)24(28(32)38-10-4)26(30)18-12-14-20(36-8-2)22(16-18)34-6/h11-16,23-24H,7-10H2,1-6H3. The second kappa shape index (κ2) is 14.6. The summed E-state index contributed by atoms with van der Waals surface area (Å²) in [5, 5.41) is 0. The number of carbonyl (C=O) groups is 4. The van der Waals surface area contributed by atoms with Crippen molar-refractivity contribution < 1.29 is 47.6 Å². The van der Waals surface area contributed by atoms with Gasteiger partial charge in [0.25, 0.3) is 0 Å². The zero-order chi connectivity index (χ0) is 28.2. The zero-order valence-corrected chi connectivity index (χ0v) is 22.5. The van der Waals surface area contributed by atoms with Gasteiger partial charge in [0, 0.05) is 11.1 Å². The van der Waals surface area contributed by atoms with E-state index in [1.165, 1.54) is 50.6 Å². The van der Waals surface area contributed by atoms with Gasteiger partial charge in [0.05, 0.1) is 40.6 Å². The van der Waals surface area contributed by atoms with E-state index < -0.39 is 35.3 Å². The number of hydrogen-bond acceptors (Lipinski definition) is 10. The van der Waals surface area contributed by atoms with E-state index in [1.54, 1.807) is 27.7 Å². The van der Waals surface area contributed by atoms with Gasteiger partial charge >= 0.3 is 11.9 Å². The van der Waals surface area contributed by atoms with E-state index in [2.05, 4.69) is 0 Å². The lowest BCUT2D eigenvalue weighted by atomic mass is 9.80. The molecule has 10 nitrogen and oxygen atoms in total. The third-order valence-electron chi connectivity index (χ3n) is 5.48. The summed E-state index contributed by atoms with van der Waals surface area (Å²) in [6.45, 7) is 7.27. The topological polar surface area (TPSA) is 124 Å². The van der Waals surface area contributed by atoms with E-state index >= 15 is 0 Å². The van der Waals surface area contributed by atoms with Crippen LogP contribution in [0.1, 0.15) is 48.4 Å². The first-order chi connectivity index (χ1) is 18.3. The molecular formula is C28H34O10. The van der Waals surface area contributed by atoms with Crippen LogP contribution in [-0.2, 0) is 19.1 Å². The molecule has 0 aliphatic rings. The fourth-order valence-corrected chi connectivity index (χ4v) is 3.80. The van der Waals surface area contributed by atoms with Crippen LogP contribution in [0.3, 0.4) is 0 Å². The minimum absolute atomic E-state index is 0.0229. The smallest absolute Gasteiger partial charge is 0.318 e. The predicted molar refractivity (Wildman–Crippen MR) is 137 cm³/mol. The Kier molecular flexibility index (Phi) is 11.6. The van der Waals surface area contributed by atoms with Crippen molar-refractivity contribution in [2.75, 3.05) is 40.6 Å². The minimum Gasteiger partial charge on any atom is -0.493 e. The summed E-state index contributed by atoms with van der Waals surface area (Å²) < 4.78 is 31.9. The van der Waals surface area contributed by atoms with Crippen LogP contribution in [0.15, 0.2) is 36.4 Å². The summed E-state index contributed by atoms with van der Waals surface area (Å²) in [6.07, 6.45) is 0. The molecule has 10 heteroatoms. The number of benzene rings is 2. The highest BCUT2D eigenvalue weighted by Gasteiger charge is 2.46. The highest BCUT2D eigenvalue weighted by Crippen LogP contribution is 2.33. The number of methoxy groups -OCH3 is 2. The van der Waals surface area contributed by atoms with Crippen LogP contribution in [0.2, 0.25) is 0 Å². The van der Waals surface area contributed by atoms with Crippen molar-refractivity contribution in [2.45, 2.75) is 27.7 Å². The molecule has 0 N–H and O–H groups in total. The minimum atomic E-state index is -1.82. The Bertz CT molecular complexity index is 1050. The van der Waals surface area contributed by atoms with Crippen molar-refractivity contribution in [3.63, 3.8) is 0 Å². The van der Waals surface area contributed by atoms with Gasteiger partial charge in [-0.2, -0.15) is 0 Å². The van der Waals surface area contributed by atoms with Crippen molar-refractivity contribution in [1.29, 1.82) is 0 Å². The van der Waals surface area contributed by atoms with Gasteiger partial charge in [0.15, 0.2) is 34.6 Å². The molecule has 0 spiro atoms. The SMILES string of the molecule is CCOC(=O)C(C(=O)c1ccc(OCC)c(OC)c1)C(C(=O)OCC)C(=O)c1ccc(OCC)c(OC)c1. The molecule has 0 aromatic heterocycles. The second-order valence-electron chi connectivity index (χ2n) is 7.79. The van der Waals surface area contributed by atoms with Crippen LogP contribution in [-0.4, -0.2) is 64.2 Å². The molecule has 0 saturated heterocycles. The maximum absolute atomic E-state index is 13.7. The number of ketones is 2. The summed E-state index contributed by atoms with van der Waals surface area (Å²) in [7, 11) is 2.80. The summed E-state index contributed by atoms with van der Waals surface area (Å²) in [5.74, 6) is -6.06. The Morgan fingerprint density at radius 1 is 0.579 bits per heavy atom. The summed E-state index contributed by atoms with van der Waals surface area (Å²) in [6, 6.07) is 8.63. The number of rotatable bonds is 15. The molecule has 2 aromatic carbocycles. The predicted octanol–water partition coefficient (Wildman–Crippen LogP) is 3.93. The molecular weight excluding hydrogens is 496 g/mol. The lowest BCUT2D eigenvalue weighted by molar-refractivity contribution is -0.156. The maximum atomic E-state index is 13.7. The quantitative estimate of drug-likeness (QED) is 0.190. The van der Waals surface area contributed by atoms with Crippen molar-refractivity contribution in [3.05, 3.63) is 47.5 Å². The average Bonchev–Trinajstić information content (AvgIpc) is 2.91. The van der Waals surface area contributed by atoms with Crippen molar-refractivity contribution in [1.82, 2.24) is 0 Å². The van der Waals surface area contributed by atoms with E-state index in [0.717, 1.165) is 0 Å².